The first-order chi connectivity index (χ1) is 15.5. The molecule has 1 aliphatic rings. The summed E-state index contributed by atoms with van der Waals surface area (Å²) in [7, 11) is 0. The normalized spacial score (nSPS) is 14.4. The van der Waals surface area contributed by atoms with Crippen molar-refractivity contribution < 1.29 is 13.9 Å². The molecule has 164 valence electrons. The van der Waals surface area contributed by atoms with Crippen LogP contribution in [-0.4, -0.2) is 38.3 Å². The molecule has 0 saturated carbocycles. The average Bonchev–Trinajstić information content (AvgIpc) is 3.41. The quantitative estimate of drug-likeness (QED) is 0.482. The minimum absolute atomic E-state index is 0.107. The van der Waals surface area contributed by atoms with Crippen molar-refractivity contribution in [3.63, 3.8) is 0 Å². The monoisotopic (exact) mass is 451 g/mol. The number of fused-ring (bicyclic) bond motifs is 2. The summed E-state index contributed by atoms with van der Waals surface area (Å²) in [6.07, 6.45) is 4.43. The Labute approximate surface area is 188 Å². The first-order valence-corrected chi connectivity index (χ1v) is 11.2. The third kappa shape index (κ3) is 3.85. The molecular formula is C23H22FN5O2S. The number of carbonyl (C=O) groups excluding carboxylic acids is 1. The lowest BCUT2D eigenvalue weighted by Crippen LogP contribution is -2.46. The number of benzene rings is 1. The van der Waals surface area contributed by atoms with E-state index in [1.54, 1.807) is 46.1 Å². The molecule has 0 fully saturated rings. The maximum Gasteiger partial charge on any atom is 0.240 e. The molecule has 4 heterocycles. The van der Waals surface area contributed by atoms with Gasteiger partial charge in [-0.3, -0.25) is 4.79 Å². The van der Waals surface area contributed by atoms with Crippen molar-refractivity contribution in [3.05, 3.63) is 69.7 Å². The van der Waals surface area contributed by atoms with E-state index in [1.807, 2.05) is 13.1 Å². The lowest BCUT2D eigenvalue weighted by molar-refractivity contribution is -0.133. The molecule has 1 atom stereocenters. The first-order valence-electron chi connectivity index (χ1n) is 10.3. The number of nitrogens with one attached hydrogen (secondary N) is 1. The zero-order chi connectivity index (χ0) is 22.2. The molecule has 5 rings (SSSR count). The second-order valence-electron chi connectivity index (χ2n) is 7.91. The molecule has 1 amide bonds. The van der Waals surface area contributed by atoms with E-state index < -0.39 is 11.9 Å². The van der Waals surface area contributed by atoms with Gasteiger partial charge in [-0.15, -0.1) is 11.3 Å². The summed E-state index contributed by atoms with van der Waals surface area (Å²) < 4.78 is 20.7. The number of rotatable bonds is 5. The Bertz CT molecular complexity index is 1300. The van der Waals surface area contributed by atoms with Crippen molar-refractivity contribution >= 4 is 28.3 Å². The Morgan fingerprint density at radius 3 is 3.06 bits per heavy atom. The molecule has 3 N–H and O–H groups in total. The molecule has 0 aliphatic carbocycles. The van der Waals surface area contributed by atoms with Crippen molar-refractivity contribution in [2.45, 2.75) is 32.4 Å². The van der Waals surface area contributed by atoms with Gasteiger partial charge in [-0.1, -0.05) is 6.07 Å². The zero-order valence-electron chi connectivity index (χ0n) is 17.5. The Kier molecular flexibility index (Phi) is 5.36. The van der Waals surface area contributed by atoms with Gasteiger partial charge in [0.05, 0.1) is 29.2 Å². The molecule has 1 aromatic carbocycles. The van der Waals surface area contributed by atoms with E-state index in [2.05, 4.69) is 15.0 Å². The van der Waals surface area contributed by atoms with Gasteiger partial charge in [0.2, 0.25) is 5.91 Å². The SMILES string of the molecule is Cc1c[nH]c2nccc(Oc3ccc(C[C@H](N)C(=O)N4CCc5ncsc5C4)cc3F)c12. The topological polar surface area (TPSA) is 97.1 Å². The van der Waals surface area contributed by atoms with Gasteiger partial charge in [-0.25, -0.2) is 14.4 Å². The van der Waals surface area contributed by atoms with Crippen LogP contribution in [0, 0.1) is 12.7 Å². The summed E-state index contributed by atoms with van der Waals surface area (Å²) in [5.41, 5.74) is 11.3. The molecule has 0 unspecified atom stereocenters. The lowest BCUT2D eigenvalue weighted by Gasteiger charge is -2.28. The van der Waals surface area contributed by atoms with Crippen LogP contribution < -0.4 is 10.5 Å². The molecule has 32 heavy (non-hydrogen) atoms. The van der Waals surface area contributed by atoms with Crippen LogP contribution >= 0.6 is 11.3 Å². The highest BCUT2D eigenvalue weighted by atomic mass is 32.1. The second kappa shape index (κ2) is 8.33. The van der Waals surface area contributed by atoms with Crippen molar-refractivity contribution in [3.8, 4) is 11.5 Å². The van der Waals surface area contributed by atoms with Crippen LogP contribution in [-0.2, 0) is 24.2 Å². The number of halogens is 1. The number of aromatic nitrogens is 3. The molecule has 0 spiro atoms. The highest BCUT2D eigenvalue weighted by molar-refractivity contribution is 7.09. The van der Waals surface area contributed by atoms with E-state index >= 15 is 0 Å². The zero-order valence-corrected chi connectivity index (χ0v) is 18.3. The van der Waals surface area contributed by atoms with E-state index in [-0.39, 0.29) is 18.1 Å². The number of pyridine rings is 1. The summed E-state index contributed by atoms with van der Waals surface area (Å²) >= 11 is 1.55. The van der Waals surface area contributed by atoms with Gasteiger partial charge < -0.3 is 20.4 Å². The van der Waals surface area contributed by atoms with Crippen LogP contribution in [0.15, 0.2) is 42.2 Å². The fraction of sp³-hybridized carbons (Fsp3) is 0.261. The van der Waals surface area contributed by atoms with E-state index in [9.17, 15) is 9.18 Å². The Morgan fingerprint density at radius 2 is 2.22 bits per heavy atom. The number of nitrogens with zero attached hydrogens (tertiary/aromatic N) is 3. The van der Waals surface area contributed by atoms with Gasteiger partial charge in [0.25, 0.3) is 0 Å². The van der Waals surface area contributed by atoms with Crippen LogP contribution in [0.25, 0.3) is 11.0 Å². The van der Waals surface area contributed by atoms with Crippen molar-refractivity contribution in [2.24, 2.45) is 5.73 Å². The second-order valence-corrected chi connectivity index (χ2v) is 8.85. The number of hydrogen-bond donors (Lipinski definition) is 2. The predicted molar refractivity (Wildman–Crippen MR) is 120 cm³/mol. The van der Waals surface area contributed by atoms with Gasteiger partial charge in [0.1, 0.15) is 11.4 Å². The van der Waals surface area contributed by atoms with E-state index in [4.69, 9.17) is 10.5 Å². The minimum atomic E-state index is -0.738. The number of aromatic amines is 1. The van der Waals surface area contributed by atoms with E-state index in [0.717, 1.165) is 27.9 Å². The van der Waals surface area contributed by atoms with E-state index in [0.29, 0.717) is 30.0 Å². The molecule has 0 saturated heterocycles. The Hall–Kier alpha value is -3.30. The lowest BCUT2D eigenvalue weighted by atomic mass is 10.0. The van der Waals surface area contributed by atoms with Crippen molar-refractivity contribution in [2.75, 3.05) is 6.54 Å². The number of ether oxygens (including phenoxy) is 1. The van der Waals surface area contributed by atoms with Crippen molar-refractivity contribution in [1.82, 2.24) is 19.9 Å². The maximum atomic E-state index is 14.8. The smallest absolute Gasteiger partial charge is 0.240 e. The number of hydrogen-bond acceptors (Lipinski definition) is 6. The highest BCUT2D eigenvalue weighted by Gasteiger charge is 2.26. The van der Waals surface area contributed by atoms with Gasteiger partial charge in [-0.2, -0.15) is 0 Å². The standard InChI is InChI=1S/C23H22FN5O2S/c1-13-10-27-22-21(13)19(4-6-26-22)31-18-3-2-14(8-15(18)24)9-16(25)23(30)29-7-5-17-20(11-29)32-12-28-17/h2-4,6,8,10,12,16H,5,7,9,11,25H2,1H3,(H,26,27)/t16-/m0/s1. The van der Waals surface area contributed by atoms with Gasteiger partial charge in [0.15, 0.2) is 11.6 Å². The number of aryl methyl sites for hydroxylation is 1. The largest absolute Gasteiger partial charge is 0.453 e. The summed E-state index contributed by atoms with van der Waals surface area (Å²) in [5, 5.41) is 0.814. The number of nitrogens with two attached hydrogens (primary N) is 1. The molecular weight excluding hydrogens is 429 g/mol. The van der Waals surface area contributed by atoms with E-state index in [1.165, 1.54) is 6.07 Å². The predicted octanol–water partition coefficient (Wildman–Crippen LogP) is 3.71. The van der Waals surface area contributed by atoms with Gasteiger partial charge in [-0.05, 0) is 42.7 Å². The van der Waals surface area contributed by atoms with Crippen LogP contribution in [0.5, 0.6) is 11.5 Å². The summed E-state index contributed by atoms with van der Waals surface area (Å²) in [6, 6.07) is 5.66. The highest BCUT2D eigenvalue weighted by Crippen LogP contribution is 2.32. The molecule has 7 nitrogen and oxygen atoms in total. The fourth-order valence-electron chi connectivity index (χ4n) is 4.02. The molecule has 0 radical (unpaired) electrons. The molecule has 0 bridgehead atoms. The molecule has 3 aromatic heterocycles. The molecule has 4 aromatic rings. The molecule has 1 aliphatic heterocycles. The fourth-order valence-corrected chi connectivity index (χ4v) is 4.85. The number of amides is 1. The summed E-state index contributed by atoms with van der Waals surface area (Å²) in [4.78, 5) is 27.3. The number of H-pyrrole nitrogens is 1. The van der Waals surface area contributed by atoms with Crippen LogP contribution in [0.2, 0.25) is 0 Å². The molecule has 9 heteroatoms. The average molecular weight is 452 g/mol. The Morgan fingerprint density at radius 1 is 1.34 bits per heavy atom. The summed E-state index contributed by atoms with van der Waals surface area (Å²) in [6.45, 7) is 3.07. The van der Waals surface area contributed by atoms with Crippen molar-refractivity contribution in [1.29, 1.82) is 0 Å². The van der Waals surface area contributed by atoms with Gasteiger partial charge in [0, 0.05) is 30.2 Å². The van der Waals surface area contributed by atoms with Crippen LogP contribution in [0.1, 0.15) is 21.7 Å². The first kappa shape index (κ1) is 20.6. The summed E-state index contributed by atoms with van der Waals surface area (Å²) in [5.74, 6) is -0.00483. The van der Waals surface area contributed by atoms with Crippen LogP contribution in [0.3, 0.4) is 0 Å². The Balaban J connectivity index is 1.28. The number of carbonyl (C=O) groups is 1. The number of thiazole rings is 1. The van der Waals surface area contributed by atoms with Gasteiger partial charge >= 0.3 is 0 Å². The third-order valence-corrected chi connectivity index (χ3v) is 6.57. The van der Waals surface area contributed by atoms with Crippen LogP contribution in [0.4, 0.5) is 4.39 Å². The third-order valence-electron chi connectivity index (χ3n) is 5.71. The minimum Gasteiger partial charge on any atom is -0.453 e. The maximum absolute atomic E-state index is 14.8.